The van der Waals surface area contributed by atoms with Crippen LogP contribution < -0.4 is 19.7 Å². The van der Waals surface area contributed by atoms with Gasteiger partial charge in [-0.3, -0.25) is 0 Å². The lowest BCUT2D eigenvalue weighted by molar-refractivity contribution is 0.340. The summed E-state index contributed by atoms with van der Waals surface area (Å²) < 4.78 is 18.0. The number of nitrogens with zero attached hydrogens (tertiary/aromatic N) is 3. The molecule has 0 unspecified atom stereocenters. The fourth-order valence-electron chi connectivity index (χ4n) is 2.53. The number of H-pyrrole nitrogens is 1. The van der Waals surface area contributed by atoms with Crippen LogP contribution in [0.15, 0.2) is 47.6 Å². The van der Waals surface area contributed by atoms with Crippen molar-refractivity contribution in [2.75, 3.05) is 26.4 Å². The third kappa shape index (κ3) is 4.32. The number of hydrogen-bond acceptors (Lipinski definition) is 7. The van der Waals surface area contributed by atoms with Crippen molar-refractivity contribution < 1.29 is 14.2 Å². The Bertz CT molecular complexity index is 1010. The van der Waals surface area contributed by atoms with Gasteiger partial charge in [0.15, 0.2) is 5.82 Å². The number of hydrazone groups is 1. The van der Waals surface area contributed by atoms with Crippen molar-refractivity contribution in [3.8, 4) is 28.6 Å². The fourth-order valence-corrected chi connectivity index (χ4v) is 2.70. The van der Waals surface area contributed by atoms with Gasteiger partial charge in [-0.25, -0.2) is 10.6 Å². The molecule has 0 saturated carbocycles. The van der Waals surface area contributed by atoms with Gasteiger partial charge >= 0.3 is 0 Å². The number of ether oxygens (including phenoxy) is 3. The molecule has 2 aromatic carbocycles. The van der Waals surface area contributed by atoms with Crippen molar-refractivity contribution in [3.63, 3.8) is 0 Å². The van der Waals surface area contributed by atoms with Gasteiger partial charge in [0.2, 0.25) is 4.77 Å². The highest BCUT2D eigenvalue weighted by Gasteiger charge is 2.09. The van der Waals surface area contributed by atoms with Gasteiger partial charge in [-0.2, -0.15) is 14.9 Å². The average Bonchev–Trinajstić information content (AvgIpc) is 3.09. The van der Waals surface area contributed by atoms with E-state index in [1.807, 2.05) is 43.3 Å². The zero-order valence-corrected chi connectivity index (χ0v) is 16.6. The predicted octanol–water partition coefficient (Wildman–Crippen LogP) is 3.60. The van der Waals surface area contributed by atoms with Gasteiger partial charge in [-0.1, -0.05) is 0 Å². The van der Waals surface area contributed by atoms with E-state index in [9.17, 15) is 0 Å². The van der Waals surface area contributed by atoms with Gasteiger partial charge in [-0.05, 0) is 55.5 Å². The van der Waals surface area contributed by atoms with E-state index in [1.54, 1.807) is 31.2 Å². The molecule has 1 aromatic heterocycles. The van der Waals surface area contributed by atoms with E-state index in [0.29, 0.717) is 28.7 Å². The van der Waals surface area contributed by atoms with E-state index in [2.05, 4.69) is 20.8 Å². The van der Waals surface area contributed by atoms with E-state index in [-0.39, 0.29) is 0 Å². The van der Waals surface area contributed by atoms with Crippen molar-refractivity contribution in [1.29, 1.82) is 0 Å². The summed E-state index contributed by atoms with van der Waals surface area (Å²) in [7, 11) is 3.20. The molecule has 146 valence electrons. The van der Waals surface area contributed by atoms with E-state index in [1.165, 1.54) is 0 Å². The molecule has 0 saturated heterocycles. The Hall–Kier alpha value is -3.33. The van der Waals surface area contributed by atoms with Crippen LogP contribution >= 0.6 is 12.2 Å². The minimum Gasteiger partial charge on any atom is -0.497 e. The quantitative estimate of drug-likeness (QED) is 0.342. The minimum atomic E-state index is 0.391. The van der Waals surface area contributed by atoms with Crippen LogP contribution in [0.2, 0.25) is 0 Å². The number of rotatable bonds is 8. The van der Waals surface area contributed by atoms with Crippen LogP contribution in [0.25, 0.3) is 11.4 Å². The highest BCUT2D eigenvalue weighted by Crippen LogP contribution is 2.23. The summed E-state index contributed by atoms with van der Waals surface area (Å²) in [5.74, 6) is 2.75. The first-order valence-corrected chi connectivity index (χ1v) is 8.98. The molecule has 3 aromatic rings. The number of aromatic amines is 1. The third-order valence-corrected chi connectivity index (χ3v) is 4.17. The van der Waals surface area contributed by atoms with E-state index < -0.39 is 0 Å². The predicted molar refractivity (Wildman–Crippen MR) is 111 cm³/mol. The standard InChI is InChI=1S/C19H21N5O3S/c1-4-27-15-8-5-13(6-9-15)18-21-22-19(28)24(18)23-20-12-14-7-10-16(25-2)11-17(14)26-3/h5-12,23H,4H2,1-3H3,(H,22,28)/b20-12+. The summed E-state index contributed by atoms with van der Waals surface area (Å²) in [6.45, 7) is 2.56. The Balaban J connectivity index is 1.81. The first-order valence-electron chi connectivity index (χ1n) is 8.58. The molecule has 0 spiro atoms. The van der Waals surface area contributed by atoms with Crippen LogP contribution in [-0.4, -0.2) is 41.9 Å². The normalized spacial score (nSPS) is 10.8. The topological polar surface area (TPSA) is 85.7 Å². The maximum atomic E-state index is 5.47. The molecule has 0 aliphatic carbocycles. The molecule has 0 amide bonds. The van der Waals surface area contributed by atoms with Crippen molar-refractivity contribution >= 4 is 18.4 Å². The zero-order chi connectivity index (χ0) is 19.9. The number of benzene rings is 2. The Morgan fingerprint density at radius 3 is 2.57 bits per heavy atom. The zero-order valence-electron chi connectivity index (χ0n) is 15.8. The Morgan fingerprint density at radius 1 is 1.14 bits per heavy atom. The molecule has 2 N–H and O–H groups in total. The Morgan fingerprint density at radius 2 is 1.89 bits per heavy atom. The SMILES string of the molecule is CCOc1ccc(-c2n[nH]c(=S)n2N/N=C/c2ccc(OC)cc2OC)cc1. The van der Waals surface area contributed by atoms with E-state index in [0.717, 1.165) is 16.9 Å². The average molecular weight is 399 g/mol. The lowest BCUT2D eigenvalue weighted by Gasteiger charge is -2.08. The second-order valence-corrected chi connectivity index (χ2v) is 6.00. The molecule has 0 aliphatic heterocycles. The van der Waals surface area contributed by atoms with Crippen LogP contribution in [0.3, 0.4) is 0 Å². The molecule has 0 fully saturated rings. The number of aromatic nitrogens is 3. The molecule has 3 rings (SSSR count). The minimum absolute atomic E-state index is 0.391. The van der Waals surface area contributed by atoms with Gasteiger partial charge in [0.05, 0.1) is 27.0 Å². The molecular weight excluding hydrogens is 378 g/mol. The fraction of sp³-hybridized carbons (Fsp3) is 0.211. The molecule has 0 bridgehead atoms. The molecular formula is C19H21N5O3S. The van der Waals surface area contributed by atoms with Crippen LogP contribution in [-0.2, 0) is 0 Å². The summed E-state index contributed by atoms with van der Waals surface area (Å²) in [5.41, 5.74) is 4.55. The lowest BCUT2D eigenvalue weighted by Crippen LogP contribution is -2.11. The van der Waals surface area contributed by atoms with Gasteiger partial charge in [-0.15, -0.1) is 0 Å². The third-order valence-electron chi connectivity index (χ3n) is 3.90. The highest BCUT2D eigenvalue weighted by molar-refractivity contribution is 7.71. The van der Waals surface area contributed by atoms with Crippen molar-refractivity contribution in [3.05, 3.63) is 52.8 Å². The van der Waals surface area contributed by atoms with Gasteiger partial charge in [0.25, 0.3) is 0 Å². The second-order valence-electron chi connectivity index (χ2n) is 5.61. The summed E-state index contributed by atoms with van der Waals surface area (Å²) in [6.07, 6.45) is 1.63. The maximum Gasteiger partial charge on any atom is 0.216 e. The van der Waals surface area contributed by atoms with Crippen LogP contribution in [0, 0.1) is 4.77 Å². The maximum absolute atomic E-state index is 5.47. The largest absolute Gasteiger partial charge is 0.497 e. The summed E-state index contributed by atoms with van der Waals surface area (Å²) in [6, 6.07) is 13.0. The molecule has 0 atom stereocenters. The van der Waals surface area contributed by atoms with Crippen LogP contribution in [0.1, 0.15) is 12.5 Å². The molecule has 8 nitrogen and oxygen atoms in total. The van der Waals surface area contributed by atoms with Gasteiger partial charge < -0.3 is 14.2 Å². The van der Waals surface area contributed by atoms with E-state index in [4.69, 9.17) is 26.4 Å². The van der Waals surface area contributed by atoms with Crippen molar-refractivity contribution in [1.82, 2.24) is 14.9 Å². The molecule has 0 radical (unpaired) electrons. The summed E-state index contributed by atoms with van der Waals surface area (Å²) in [5, 5.41) is 11.3. The Labute approximate surface area is 167 Å². The highest BCUT2D eigenvalue weighted by atomic mass is 32.1. The molecule has 28 heavy (non-hydrogen) atoms. The van der Waals surface area contributed by atoms with Crippen LogP contribution in [0.5, 0.6) is 17.2 Å². The monoisotopic (exact) mass is 399 g/mol. The first kappa shape index (κ1) is 19.4. The Kier molecular flexibility index (Phi) is 6.28. The van der Waals surface area contributed by atoms with Crippen molar-refractivity contribution in [2.24, 2.45) is 5.10 Å². The molecule has 0 aliphatic rings. The smallest absolute Gasteiger partial charge is 0.216 e. The van der Waals surface area contributed by atoms with Crippen molar-refractivity contribution in [2.45, 2.75) is 6.92 Å². The number of hydrogen-bond donors (Lipinski definition) is 2. The number of nitrogens with one attached hydrogen (secondary N) is 2. The summed E-state index contributed by atoms with van der Waals surface area (Å²) >= 11 is 5.29. The summed E-state index contributed by atoms with van der Waals surface area (Å²) in [4.78, 5) is 0. The lowest BCUT2D eigenvalue weighted by atomic mass is 10.2. The number of methoxy groups -OCH3 is 2. The molecule has 1 heterocycles. The van der Waals surface area contributed by atoms with Crippen LogP contribution in [0.4, 0.5) is 0 Å². The molecule has 9 heteroatoms. The second kappa shape index (κ2) is 9.05. The first-order chi connectivity index (χ1) is 13.7. The van der Waals surface area contributed by atoms with E-state index >= 15 is 0 Å². The van der Waals surface area contributed by atoms with Gasteiger partial charge in [0.1, 0.15) is 17.2 Å². The van der Waals surface area contributed by atoms with Gasteiger partial charge in [0, 0.05) is 17.2 Å².